The van der Waals surface area contributed by atoms with Crippen LogP contribution in [0, 0.1) is 6.92 Å². The van der Waals surface area contributed by atoms with Crippen molar-refractivity contribution in [3.63, 3.8) is 0 Å². The van der Waals surface area contributed by atoms with E-state index in [1.807, 2.05) is 25.1 Å². The van der Waals surface area contributed by atoms with Gasteiger partial charge in [0.2, 0.25) is 0 Å². The summed E-state index contributed by atoms with van der Waals surface area (Å²) in [5.41, 5.74) is 1.46. The van der Waals surface area contributed by atoms with Crippen molar-refractivity contribution >= 4 is 0 Å². The first-order valence-electron chi connectivity index (χ1n) is 4.91. The van der Waals surface area contributed by atoms with E-state index in [2.05, 4.69) is 4.98 Å². The van der Waals surface area contributed by atoms with Gasteiger partial charge in [-0.2, -0.15) is 0 Å². The molecule has 0 amide bonds. The third-order valence-corrected chi connectivity index (χ3v) is 2.31. The lowest BCUT2D eigenvalue weighted by Gasteiger charge is -2.10. The van der Waals surface area contributed by atoms with E-state index < -0.39 is 0 Å². The molecule has 0 bridgehead atoms. The normalized spacial score (nSPS) is 10.1. The van der Waals surface area contributed by atoms with Crippen LogP contribution in [0.3, 0.4) is 0 Å². The van der Waals surface area contributed by atoms with Gasteiger partial charge in [0.15, 0.2) is 0 Å². The molecule has 1 heterocycles. The van der Waals surface area contributed by atoms with Crippen LogP contribution >= 0.6 is 0 Å². The standard InChI is InChI=1S/C12H12N2O2/c1-9-4-5-11(16-2)10(8-9)14-7-3-6-13-12(14)15/h3-8H,1-2H3. The summed E-state index contributed by atoms with van der Waals surface area (Å²) in [5, 5.41) is 0. The van der Waals surface area contributed by atoms with E-state index in [-0.39, 0.29) is 5.69 Å². The average molecular weight is 216 g/mol. The molecule has 0 spiro atoms. The molecule has 0 N–H and O–H groups in total. The SMILES string of the molecule is COc1ccc(C)cc1-n1cccnc1=O. The Bertz CT molecular complexity index is 561. The van der Waals surface area contributed by atoms with Crippen LogP contribution in [0.25, 0.3) is 5.69 Å². The highest BCUT2D eigenvalue weighted by Gasteiger charge is 2.06. The topological polar surface area (TPSA) is 44.1 Å². The van der Waals surface area contributed by atoms with Crippen LogP contribution in [0.5, 0.6) is 5.75 Å². The summed E-state index contributed by atoms with van der Waals surface area (Å²) in [7, 11) is 1.58. The van der Waals surface area contributed by atoms with Crippen molar-refractivity contribution in [1.82, 2.24) is 9.55 Å². The van der Waals surface area contributed by atoms with Crippen LogP contribution in [0.1, 0.15) is 5.56 Å². The molecule has 0 unspecified atom stereocenters. The van der Waals surface area contributed by atoms with Gasteiger partial charge in [-0.05, 0) is 30.7 Å². The van der Waals surface area contributed by atoms with E-state index in [4.69, 9.17) is 4.74 Å². The van der Waals surface area contributed by atoms with E-state index >= 15 is 0 Å². The molecule has 82 valence electrons. The fraction of sp³-hybridized carbons (Fsp3) is 0.167. The first-order chi connectivity index (χ1) is 7.72. The van der Waals surface area contributed by atoms with Crippen molar-refractivity contribution in [3.8, 4) is 11.4 Å². The van der Waals surface area contributed by atoms with Crippen LogP contribution in [-0.2, 0) is 0 Å². The van der Waals surface area contributed by atoms with Crippen molar-refractivity contribution in [2.24, 2.45) is 0 Å². The Morgan fingerprint density at radius 1 is 1.38 bits per heavy atom. The van der Waals surface area contributed by atoms with Crippen LogP contribution in [0.15, 0.2) is 41.5 Å². The third-order valence-electron chi connectivity index (χ3n) is 2.31. The number of methoxy groups -OCH3 is 1. The van der Waals surface area contributed by atoms with Crippen LogP contribution in [0.2, 0.25) is 0 Å². The lowest BCUT2D eigenvalue weighted by molar-refractivity contribution is 0.412. The summed E-state index contributed by atoms with van der Waals surface area (Å²) in [6.07, 6.45) is 3.15. The summed E-state index contributed by atoms with van der Waals surface area (Å²) in [6, 6.07) is 7.37. The predicted octanol–water partition coefficient (Wildman–Crippen LogP) is 1.55. The van der Waals surface area contributed by atoms with Gasteiger partial charge in [0.05, 0.1) is 12.8 Å². The highest BCUT2D eigenvalue weighted by Crippen LogP contribution is 2.22. The molecule has 0 aliphatic rings. The van der Waals surface area contributed by atoms with Crippen molar-refractivity contribution < 1.29 is 4.74 Å². The minimum Gasteiger partial charge on any atom is -0.495 e. The highest BCUT2D eigenvalue weighted by molar-refractivity contribution is 5.48. The number of rotatable bonds is 2. The fourth-order valence-corrected chi connectivity index (χ4v) is 1.53. The second-order valence-electron chi connectivity index (χ2n) is 3.45. The molecule has 4 nitrogen and oxygen atoms in total. The largest absolute Gasteiger partial charge is 0.495 e. The molecule has 0 saturated heterocycles. The fourth-order valence-electron chi connectivity index (χ4n) is 1.53. The van der Waals surface area contributed by atoms with E-state index in [0.29, 0.717) is 11.4 Å². The van der Waals surface area contributed by atoms with Gasteiger partial charge < -0.3 is 4.74 Å². The maximum Gasteiger partial charge on any atom is 0.352 e. The summed E-state index contributed by atoms with van der Waals surface area (Å²) in [5.74, 6) is 0.653. The molecule has 2 rings (SSSR count). The van der Waals surface area contributed by atoms with Gasteiger partial charge in [0, 0.05) is 12.4 Å². The van der Waals surface area contributed by atoms with Gasteiger partial charge in [-0.3, -0.25) is 4.57 Å². The Hall–Kier alpha value is -2.10. The first-order valence-corrected chi connectivity index (χ1v) is 4.91. The molecular formula is C12H12N2O2. The van der Waals surface area contributed by atoms with E-state index in [0.717, 1.165) is 5.56 Å². The minimum absolute atomic E-state index is 0.314. The zero-order valence-electron chi connectivity index (χ0n) is 9.18. The van der Waals surface area contributed by atoms with Gasteiger partial charge in [0.1, 0.15) is 5.75 Å². The van der Waals surface area contributed by atoms with Crippen molar-refractivity contribution in [2.75, 3.05) is 7.11 Å². The van der Waals surface area contributed by atoms with Gasteiger partial charge in [-0.25, -0.2) is 9.78 Å². The second kappa shape index (κ2) is 4.18. The van der Waals surface area contributed by atoms with Crippen molar-refractivity contribution in [2.45, 2.75) is 6.92 Å². The van der Waals surface area contributed by atoms with Gasteiger partial charge in [-0.1, -0.05) is 6.07 Å². The predicted molar refractivity (Wildman–Crippen MR) is 61.1 cm³/mol. The number of hydrogen-bond acceptors (Lipinski definition) is 3. The zero-order valence-corrected chi connectivity index (χ0v) is 9.18. The molecule has 0 atom stereocenters. The number of aromatic nitrogens is 2. The Morgan fingerprint density at radius 3 is 2.88 bits per heavy atom. The molecule has 2 aromatic rings. The van der Waals surface area contributed by atoms with E-state index in [1.165, 1.54) is 10.8 Å². The van der Waals surface area contributed by atoms with Crippen LogP contribution in [0.4, 0.5) is 0 Å². The number of benzene rings is 1. The first kappa shape index (κ1) is 10.4. The van der Waals surface area contributed by atoms with E-state index in [1.54, 1.807) is 19.4 Å². The Labute approximate surface area is 93.1 Å². The molecule has 16 heavy (non-hydrogen) atoms. The number of hydrogen-bond donors (Lipinski definition) is 0. The van der Waals surface area contributed by atoms with Crippen molar-refractivity contribution in [3.05, 3.63) is 52.7 Å². The number of nitrogens with zero attached hydrogens (tertiary/aromatic N) is 2. The summed E-state index contributed by atoms with van der Waals surface area (Å²) in [6.45, 7) is 1.96. The van der Waals surface area contributed by atoms with E-state index in [9.17, 15) is 4.79 Å². The monoisotopic (exact) mass is 216 g/mol. The Morgan fingerprint density at radius 2 is 2.19 bits per heavy atom. The molecule has 4 heteroatoms. The minimum atomic E-state index is -0.314. The number of aryl methyl sites for hydroxylation is 1. The molecule has 0 aliphatic carbocycles. The summed E-state index contributed by atoms with van der Waals surface area (Å²) in [4.78, 5) is 15.3. The molecule has 0 radical (unpaired) electrons. The lowest BCUT2D eigenvalue weighted by Crippen LogP contribution is -2.20. The third kappa shape index (κ3) is 1.82. The van der Waals surface area contributed by atoms with Gasteiger partial charge in [0.25, 0.3) is 0 Å². The molecule has 1 aromatic heterocycles. The second-order valence-corrected chi connectivity index (χ2v) is 3.45. The molecule has 1 aromatic carbocycles. The Kier molecular flexibility index (Phi) is 2.72. The molecular weight excluding hydrogens is 204 g/mol. The summed E-state index contributed by atoms with van der Waals surface area (Å²) < 4.78 is 6.69. The molecule has 0 saturated carbocycles. The maximum atomic E-state index is 11.6. The summed E-state index contributed by atoms with van der Waals surface area (Å²) >= 11 is 0. The zero-order chi connectivity index (χ0) is 11.5. The van der Waals surface area contributed by atoms with Crippen molar-refractivity contribution in [1.29, 1.82) is 0 Å². The lowest BCUT2D eigenvalue weighted by atomic mass is 10.2. The highest BCUT2D eigenvalue weighted by atomic mass is 16.5. The van der Waals surface area contributed by atoms with Gasteiger partial charge >= 0.3 is 5.69 Å². The average Bonchev–Trinajstić information content (AvgIpc) is 2.29. The molecule has 0 aliphatic heterocycles. The smallest absolute Gasteiger partial charge is 0.352 e. The maximum absolute atomic E-state index is 11.6. The van der Waals surface area contributed by atoms with Crippen LogP contribution < -0.4 is 10.4 Å². The Balaban J connectivity index is 2.68. The van der Waals surface area contributed by atoms with Crippen LogP contribution in [-0.4, -0.2) is 16.7 Å². The number of ether oxygens (including phenoxy) is 1. The quantitative estimate of drug-likeness (QED) is 0.765. The van der Waals surface area contributed by atoms with Gasteiger partial charge in [-0.15, -0.1) is 0 Å². The molecule has 0 fully saturated rings.